The summed E-state index contributed by atoms with van der Waals surface area (Å²) in [4.78, 5) is 21.9. The predicted molar refractivity (Wildman–Crippen MR) is 70.7 cm³/mol. The molecule has 0 bridgehead atoms. The number of nitriles is 1. The van der Waals surface area contributed by atoms with E-state index in [-0.39, 0.29) is 24.7 Å². The van der Waals surface area contributed by atoms with Gasteiger partial charge < -0.3 is 4.74 Å². The molecule has 100 valence electrons. The molecular formula is C14H14ClNO3. The van der Waals surface area contributed by atoms with E-state index in [4.69, 9.17) is 21.6 Å². The number of ketones is 1. The average Bonchev–Trinajstić information content (AvgIpc) is 2.33. The Morgan fingerprint density at radius 2 is 2.21 bits per heavy atom. The van der Waals surface area contributed by atoms with E-state index in [1.54, 1.807) is 24.3 Å². The summed E-state index contributed by atoms with van der Waals surface area (Å²) in [6.07, 6.45) is 0.148. The molecule has 19 heavy (non-hydrogen) atoms. The second-order valence-corrected chi connectivity index (χ2v) is 4.56. The van der Waals surface area contributed by atoms with Crippen LogP contribution in [-0.4, -0.2) is 18.4 Å². The second kappa shape index (κ2) is 7.55. The molecule has 4 nitrogen and oxygen atoms in total. The van der Waals surface area contributed by atoms with E-state index in [1.165, 1.54) is 6.92 Å². The Morgan fingerprint density at radius 3 is 2.79 bits per heavy atom. The molecule has 0 aromatic heterocycles. The van der Waals surface area contributed by atoms with Crippen molar-refractivity contribution >= 4 is 23.4 Å². The third-order valence-electron chi connectivity index (χ3n) is 2.47. The van der Waals surface area contributed by atoms with Gasteiger partial charge in [-0.1, -0.05) is 23.7 Å². The van der Waals surface area contributed by atoms with Crippen molar-refractivity contribution in [1.29, 1.82) is 5.26 Å². The van der Waals surface area contributed by atoms with E-state index >= 15 is 0 Å². The van der Waals surface area contributed by atoms with Crippen molar-refractivity contribution < 1.29 is 14.3 Å². The zero-order chi connectivity index (χ0) is 14.3. The Bertz CT molecular complexity index is 508. The fourth-order valence-electron chi connectivity index (χ4n) is 1.57. The van der Waals surface area contributed by atoms with Gasteiger partial charge in [0.1, 0.15) is 12.2 Å². The van der Waals surface area contributed by atoms with Gasteiger partial charge in [0.2, 0.25) is 0 Å². The molecule has 0 aliphatic carbocycles. The molecule has 1 unspecified atom stereocenters. The number of hydrogen-bond acceptors (Lipinski definition) is 4. The minimum atomic E-state index is -0.560. The van der Waals surface area contributed by atoms with Gasteiger partial charge in [-0.15, -0.1) is 0 Å². The smallest absolute Gasteiger partial charge is 0.313 e. The number of ether oxygens (including phenoxy) is 1. The number of halogens is 1. The van der Waals surface area contributed by atoms with Crippen molar-refractivity contribution in [2.75, 3.05) is 6.61 Å². The van der Waals surface area contributed by atoms with Gasteiger partial charge in [0.25, 0.3) is 0 Å². The van der Waals surface area contributed by atoms with Crippen LogP contribution in [0.4, 0.5) is 0 Å². The summed E-state index contributed by atoms with van der Waals surface area (Å²) < 4.78 is 4.89. The van der Waals surface area contributed by atoms with Gasteiger partial charge >= 0.3 is 5.97 Å². The van der Waals surface area contributed by atoms with Gasteiger partial charge in [-0.2, -0.15) is 5.26 Å². The molecule has 0 saturated carbocycles. The molecule has 0 heterocycles. The first kappa shape index (κ1) is 15.2. The summed E-state index contributed by atoms with van der Waals surface area (Å²) in [7, 11) is 0. The molecule has 0 N–H and O–H groups in total. The normalized spacial score (nSPS) is 11.4. The summed E-state index contributed by atoms with van der Waals surface area (Å²) in [5.41, 5.74) is 0.789. The molecule has 0 fully saturated rings. The maximum atomic E-state index is 11.2. The van der Waals surface area contributed by atoms with Crippen molar-refractivity contribution in [3.63, 3.8) is 0 Å². The van der Waals surface area contributed by atoms with Gasteiger partial charge in [0.05, 0.1) is 18.6 Å². The van der Waals surface area contributed by atoms with Crippen LogP contribution in [0.1, 0.15) is 31.2 Å². The average molecular weight is 280 g/mol. The molecule has 1 atom stereocenters. The highest BCUT2D eigenvalue weighted by molar-refractivity contribution is 6.30. The van der Waals surface area contributed by atoms with Crippen LogP contribution in [-0.2, 0) is 14.3 Å². The SMILES string of the molecule is CC(=O)CC(=O)OCCC(C#N)c1cccc(Cl)c1. The molecule has 0 radical (unpaired) electrons. The van der Waals surface area contributed by atoms with E-state index in [2.05, 4.69) is 6.07 Å². The molecule has 1 aromatic carbocycles. The number of carbonyl (C=O) groups is 2. The fourth-order valence-corrected chi connectivity index (χ4v) is 1.77. The maximum Gasteiger partial charge on any atom is 0.313 e. The number of esters is 1. The van der Waals surface area contributed by atoms with Crippen LogP contribution in [0, 0.1) is 11.3 Å². The zero-order valence-corrected chi connectivity index (χ0v) is 11.3. The molecule has 0 saturated heterocycles. The predicted octanol–water partition coefficient (Wildman–Crippen LogP) is 2.86. The summed E-state index contributed by atoms with van der Waals surface area (Å²) in [5.74, 6) is -1.18. The number of Topliss-reactive ketones (excluding diaryl/α,β-unsaturated/α-hetero) is 1. The molecule has 5 heteroatoms. The lowest BCUT2D eigenvalue weighted by molar-refractivity contribution is -0.145. The minimum Gasteiger partial charge on any atom is -0.465 e. The van der Waals surface area contributed by atoms with Crippen LogP contribution in [0.5, 0.6) is 0 Å². The standard InChI is InChI=1S/C14H14ClNO3/c1-10(17)7-14(18)19-6-5-12(9-16)11-3-2-4-13(15)8-11/h2-4,8,12H,5-7H2,1H3. The lowest BCUT2D eigenvalue weighted by Gasteiger charge is -2.10. The molecule has 0 aliphatic rings. The lowest BCUT2D eigenvalue weighted by atomic mass is 9.98. The Labute approximate surface area is 116 Å². The van der Waals surface area contributed by atoms with E-state index in [0.717, 1.165) is 5.56 Å². The van der Waals surface area contributed by atoms with E-state index in [1.807, 2.05) is 0 Å². The summed E-state index contributed by atoms with van der Waals surface area (Å²) >= 11 is 5.86. The first-order valence-electron chi connectivity index (χ1n) is 5.83. The van der Waals surface area contributed by atoms with Crippen molar-refractivity contribution in [2.24, 2.45) is 0 Å². The van der Waals surface area contributed by atoms with Crippen LogP contribution < -0.4 is 0 Å². The highest BCUT2D eigenvalue weighted by Gasteiger charge is 2.13. The van der Waals surface area contributed by atoms with Gasteiger partial charge in [-0.25, -0.2) is 0 Å². The van der Waals surface area contributed by atoms with Gasteiger partial charge in [-0.3, -0.25) is 9.59 Å². The first-order valence-corrected chi connectivity index (χ1v) is 6.21. The Balaban J connectivity index is 2.48. The molecule has 1 rings (SSSR count). The van der Waals surface area contributed by atoms with Crippen LogP contribution in [0.15, 0.2) is 24.3 Å². The monoisotopic (exact) mass is 279 g/mol. The molecule has 1 aromatic rings. The van der Waals surface area contributed by atoms with Crippen molar-refractivity contribution in [2.45, 2.75) is 25.7 Å². The van der Waals surface area contributed by atoms with Crippen LogP contribution in [0.2, 0.25) is 5.02 Å². The molecule has 0 spiro atoms. The zero-order valence-electron chi connectivity index (χ0n) is 10.6. The largest absolute Gasteiger partial charge is 0.465 e. The minimum absolute atomic E-state index is 0.108. The second-order valence-electron chi connectivity index (χ2n) is 4.12. The van der Waals surface area contributed by atoms with Gasteiger partial charge in [0, 0.05) is 11.4 Å². The van der Waals surface area contributed by atoms with E-state index in [0.29, 0.717) is 11.4 Å². The van der Waals surface area contributed by atoms with E-state index in [9.17, 15) is 9.59 Å². The highest BCUT2D eigenvalue weighted by Crippen LogP contribution is 2.22. The maximum absolute atomic E-state index is 11.2. The third kappa shape index (κ3) is 5.54. The quantitative estimate of drug-likeness (QED) is 0.593. The van der Waals surface area contributed by atoms with Crippen molar-refractivity contribution in [3.8, 4) is 6.07 Å². The lowest BCUT2D eigenvalue weighted by Crippen LogP contribution is -2.11. The fraction of sp³-hybridized carbons (Fsp3) is 0.357. The first-order chi connectivity index (χ1) is 9.02. The third-order valence-corrected chi connectivity index (χ3v) is 2.70. The number of rotatable bonds is 6. The Hall–Kier alpha value is -1.86. The molecule has 0 amide bonds. The van der Waals surface area contributed by atoms with Crippen molar-refractivity contribution in [3.05, 3.63) is 34.9 Å². The van der Waals surface area contributed by atoms with Gasteiger partial charge in [-0.05, 0) is 24.6 Å². The Morgan fingerprint density at radius 1 is 1.47 bits per heavy atom. The molecule has 0 aliphatic heterocycles. The van der Waals surface area contributed by atoms with Gasteiger partial charge in [0.15, 0.2) is 0 Å². The number of nitrogens with zero attached hydrogens (tertiary/aromatic N) is 1. The number of hydrogen-bond donors (Lipinski definition) is 0. The highest BCUT2D eigenvalue weighted by atomic mass is 35.5. The summed E-state index contributed by atoms with van der Waals surface area (Å²) in [5, 5.41) is 9.65. The van der Waals surface area contributed by atoms with Crippen LogP contribution >= 0.6 is 11.6 Å². The number of carbonyl (C=O) groups excluding carboxylic acids is 2. The topological polar surface area (TPSA) is 67.2 Å². The van der Waals surface area contributed by atoms with Crippen LogP contribution in [0.3, 0.4) is 0 Å². The van der Waals surface area contributed by atoms with Crippen LogP contribution in [0.25, 0.3) is 0 Å². The summed E-state index contributed by atoms with van der Waals surface area (Å²) in [6, 6.07) is 9.16. The van der Waals surface area contributed by atoms with E-state index < -0.39 is 5.97 Å². The summed E-state index contributed by atoms with van der Waals surface area (Å²) in [6.45, 7) is 1.43. The Kier molecular flexibility index (Phi) is 6.04. The van der Waals surface area contributed by atoms with Crippen molar-refractivity contribution in [1.82, 2.24) is 0 Å². The number of benzene rings is 1. The molecular weight excluding hydrogens is 266 g/mol.